The molecule has 0 saturated heterocycles. The van der Waals surface area contributed by atoms with E-state index >= 15 is 0 Å². The zero-order chi connectivity index (χ0) is 14.1. The van der Waals surface area contributed by atoms with Crippen LogP contribution in [0.3, 0.4) is 0 Å². The molecule has 0 fully saturated rings. The van der Waals surface area contributed by atoms with Crippen LogP contribution in [0.25, 0.3) is 10.8 Å². The highest BCUT2D eigenvalue weighted by molar-refractivity contribution is 9.10. The van der Waals surface area contributed by atoms with Gasteiger partial charge in [0.05, 0.1) is 5.38 Å². The molecule has 20 heavy (non-hydrogen) atoms. The largest absolute Gasteiger partial charge is 0.113 e. The number of hydrogen-bond acceptors (Lipinski definition) is 0. The molecule has 0 aliphatic rings. The average Bonchev–Trinajstić information content (AvgIpc) is 2.46. The minimum atomic E-state index is -0.140. The van der Waals surface area contributed by atoms with Crippen LogP contribution in [0.15, 0.2) is 65.1 Å². The van der Waals surface area contributed by atoms with Gasteiger partial charge in [-0.1, -0.05) is 64.5 Å². The molecule has 3 aromatic rings. The molecule has 100 valence electrons. The fourth-order valence-electron chi connectivity index (χ4n) is 2.57. The summed E-state index contributed by atoms with van der Waals surface area (Å²) in [7, 11) is 0. The van der Waals surface area contributed by atoms with E-state index in [4.69, 9.17) is 11.6 Å². The molecule has 3 aromatic carbocycles. The molecule has 0 aliphatic heterocycles. The minimum Gasteiger partial charge on any atom is -0.113 e. The van der Waals surface area contributed by atoms with Crippen LogP contribution in [-0.4, -0.2) is 0 Å². The zero-order valence-corrected chi connectivity index (χ0v) is 13.4. The summed E-state index contributed by atoms with van der Waals surface area (Å²) in [6.07, 6.45) is 0. The van der Waals surface area contributed by atoms with Crippen molar-refractivity contribution < 1.29 is 0 Å². The van der Waals surface area contributed by atoms with Crippen molar-refractivity contribution in [1.82, 2.24) is 0 Å². The lowest BCUT2D eigenvalue weighted by molar-refractivity contribution is 1.13. The van der Waals surface area contributed by atoms with E-state index in [0.29, 0.717) is 0 Å². The van der Waals surface area contributed by atoms with Crippen molar-refractivity contribution in [2.45, 2.75) is 12.3 Å². The van der Waals surface area contributed by atoms with Crippen LogP contribution in [0.4, 0.5) is 0 Å². The van der Waals surface area contributed by atoms with Gasteiger partial charge in [-0.25, -0.2) is 0 Å². The Bertz CT molecular complexity index is 764. The van der Waals surface area contributed by atoms with Crippen molar-refractivity contribution in [3.05, 3.63) is 81.8 Å². The predicted molar refractivity (Wildman–Crippen MR) is 90.5 cm³/mol. The quantitative estimate of drug-likeness (QED) is 0.482. The fourth-order valence-corrected chi connectivity index (χ4v) is 3.41. The number of hydrogen-bond donors (Lipinski definition) is 0. The molecule has 1 unspecified atom stereocenters. The van der Waals surface area contributed by atoms with E-state index in [1.165, 1.54) is 21.9 Å². The molecule has 0 amide bonds. The molecular weight excluding hydrogens is 332 g/mol. The molecule has 0 aromatic heterocycles. The second kappa shape index (κ2) is 5.59. The van der Waals surface area contributed by atoms with Crippen molar-refractivity contribution in [3.8, 4) is 0 Å². The average molecular weight is 346 g/mol. The van der Waals surface area contributed by atoms with E-state index in [1.54, 1.807) is 0 Å². The van der Waals surface area contributed by atoms with Crippen LogP contribution in [-0.2, 0) is 0 Å². The van der Waals surface area contributed by atoms with E-state index in [-0.39, 0.29) is 5.38 Å². The molecule has 3 rings (SSSR count). The van der Waals surface area contributed by atoms with E-state index in [9.17, 15) is 0 Å². The number of aryl methyl sites for hydroxylation is 1. The van der Waals surface area contributed by atoms with Gasteiger partial charge in [-0.3, -0.25) is 0 Å². The summed E-state index contributed by atoms with van der Waals surface area (Å²) in [5.41, 5.74) is 3.53. The van der Waals surface area contributed by atoms with Gasteiger partial charge in [-0.2, -0.15) is 0 Å². The van der Waals surface area contributed by atoms with Gasteiger partial charge in [0.25, 0.3) is 0 Å². The Hall–Kier alpha value is -1.31. The van der Waals surface area contributed by atoms with Gasteiger partial charge < -0.3 is 0 Å². The van der Waals surface area contributed by atoms with Gasteiger partial charge in [-0.15, -0.1) is 11.6 Å². The molecule has 2 heteroatoms. The Kier molecular flexibility index (Phi) is 3.82. The summed E-state index contributed by atoms with van der Waals surface area (Å²) >= 11 is 10.3. The molecule has 0 aliphatic carbocycles. The first-order chi connectivity index (χ1) is 9.66. The Labute approximate surface area is 132 Å². The van der Waals surface area contributed by atoms with Crippen LogP contribution in [0.5, 0.6) is 0 Å². The van der Waals surface area contributed by atoms with Gasteiger partial charge in [0.2, 0.25) is 0 Å². The van der Waals surface area contributed by atoms with Gasteiger partial charge in [0.15, 0.2) is 0 Å². The van der Waals surface area contributed by atoms with Crippen molar-refractivity contribution in [2.75, 3.05) is 0 Å². The lowest BCUT2D eigenvalue weighted by Crippen LogP contribution is -1.98. The highest BCUT2D eigenvalue weighted by Gasteiger charge is 2.16. The molecule has 0 saturated carbocycles. The zero-order valence-electron chi connectivity index (χ0n) is 11.1. The SMILES string of the molecule is Cc1ccc2ccccc2c1C(Cl)c1cccc(Br)c1. The van der Waals surface area contributed by atoms with Gasteiger partial charge in [0, 0.05) is 4.47 Å². The predicted octanol–water partition coefficient (Wildman–Crippen LogP) is 6.24. The number of fused-ring (bicyclic) bond motifs is 1. The van der Waals surface area contributed by atoms with E-state index in [0.717, 1.165) is 10.0 Å². The van der Waals surface area contributed by atoms with Crippen molar-refractivity contribution >= 4 is 38.3 Å². The van der Waals surface area contributed by atoms with Crippen molar-refractivity contribution in [3.63, 3.8) is 0 Å². The van der Waals surface area contributed by atoms with Crippen molar-refractivity contribution in [1.29, 1.82) is 0 Å². The Morgan fingerprint density at radius 2 is 1.75 bits per heavy atom. The van der Waals surface area contributed by atoms with E-state index < -0.39 is 0 Å². The van der Waals surface area contributed by atoms with Crippen LogP contribution >= 0.6 is 27.5 Å². The van der Waals surface area contributed by atoms with Crippen LogP contribution in [0, 0.1) is 6.92 Å². The van der Waals surface area contributed by atoms with Crippen LogP contribution in [0.1, 0.15) is 22.1 Å². The molecular formula is C18H14BrCl. The third-order valence-corrected chi connectivity index (χ3v) is 4.55. The monoisotopic (exact) mass is 344 g/mol. The van der Waals surface area contributed by atoms with Gasteiger partial charge in [-0.05, 0) is 46.5 Å². The molecule has 0 N–H and O–H groups in total. The summed E-state index contributed by atoms with van der Waals surface area (Å²) in [6, 6.07) is 20.9. The summed E-state index contributed by atoms with van der Waals surface area (Å²) in [4.78, 5) is 0. The molecule has 0 nitrogen and oxygen atoms in total. The second-order valence-corrected chi connectivity index (χ2v) is 6.29. The van der Waals surface area contributed by atoms with Gasteiger partial charge in [0.1, 0.15) is 0 Å². The van der Waals surface area contributed by atoms with E-state index in [2.05, 4.69) is 71.4 Å². The van der Waals surface area contributed by atoms with Crippen LogP contribution in [0.2, 0.25) is 0 Å². The Balaban J connectivity index is 2.21. The smallest absolute Gasteiger partial charge is 0.0844 e. The van der Waals surface area contributed by atoms with Gasteiger partial charge >= 0.3 is 0 Å². The first kappa shape index (κ1) is 13.7. The van der Waals surface area contributed by atoms with E-state index in [1.807, 2.05) is 12.1 Å². The topological polar surface area (TPSA) is 0 Å². The standard InChI is InChI=1S/C18H14BrCl/c1-12-9-10-13-5-2-3-8-16(13)17(12)18(20)14-6-4-7-15(19)11-14/h2-11,18H,1H3. The normalized spacial score (nSPS) is 12.6. The minimum absolute atomic E-state index is 0.140. The molecule has 0 spiro atoms. The molecule has 0 radical (unpaired) electrons. The maximum Gasteiger partial charge on any atom is 0.0844 e. The third kappa shape index (κ3) is 2.48. The third-order valence-electron chi connectivity index (χ3n) is 3.58. The van der Waals surface area contributed by atoms with Crippen LogP contribution < -0.4 is 0 Å². The number of alkyl halides is 1. The summed E-state index contributed by atoms with van der Waals surface area (Å²) in [6.45, 7) is 2.12. The Morgan fingerprint density at radius 3 is 2.55 bits per heavy atom. The summed E-state index contributed by atoms with van der Waals surface area (Å²) in [5, 5.41) is 2.32. The fraction of sp³-hybridized carbons (Fsp3) is 0.111. The maximum atomic E-state index is 6.77. The molecule has 0 heterocycles. The van der Waals surface area contributed by atoms with Crippen molar-refractivity contribution in [2.24, 2.45) is 0 Å². The summed E-state index contributed by atoms with van der Waals surface area (Å²) in [5.74, 6) is 0. The second-order valence-electron chi connectivity index (χ2n) is 4.93. The number of benzene rings is 3. The highest BCUT2D eigenvalue weighted by atomic mass is 79.9. The number of rotatable bonds is 2. The first-order valence-corrected chi connectivity index (χ1v) is 7.77. The lowest BCUT2D eigenvalue weighted by Gasteiger charge is -2.16. The molecule has 0 bridgehead atoms. The lowest BCUT2D eigenvalue weighted by atomic mass is 9.94. The first-order valence-electron chi connectivity index (χ1n) is 6.54. The maximum absolute atomic E-state index is 6.77. The highest BCUT2D eigenvalue weighted by Crippen LogP contribution is 2.36. The Morgan fingerprint density at radius 1 is 0.950 bits per heavy atom. The molecule has 1 atom stereocenters. The number of halogens is 2. The summed E-state index contributed by atoms with van der Waals surface area (Å²) < 4.78 is 1.05.